The van der Waals surface area contributed by atoms with Crippen LogP contribution < -0.4 is 0 Å². The van der Waals surface area contributed by atoms with Crippen molar-refractivity contribution in [3.63, 3.8) is 0 Å². The van der Waals surface area contributed by atoms with Crippen LogP contribution in [0.4, 0.5) is 0 Å². The summed E-state index contributed by atoms with van der Waals surface area (Å²) in [6.07, 6.45) is 2.02. The Bertz CT molecular complexity index is 685. The van der Waals surface area contributed by atoms with Gasteiger partial charge in [-0.15, -0.1) is 0 Å². The van der Waals surface area contributed by atoms with Crippen molar-refractivity contribution >= 4 is 6.21 Å². The fraction of sp³-hybridized carbons (Fsp3) is 0.450. The highest BCUT2D eigenvalue weighted by atomic mass is 16.5. The van der Waals surface area contributed by atoms with Gasteiger partial charge in [0.25, 0.3) is 0 Å². The number of nitrogens with zero attached hydrogens (tertiary/aromatic N) is 2. The molecule has 3 rings (SSSR count). The lowest BCUT2D eigenvalue weighted by Gasteiger charge is -2.23. The highest BCUT2D eigenvalue weighted by Gasteiger charge is 2.16. The van der Waals surface area contributed by atoms with Crippen molar-refractivity contribution < 1.29 is 4.74 Å². The van der Waals surface area contributed by atoms with Gasteiger partial charge in [-0.1, -0.05) is 32.0 Å². The van der Waals surface area contributed by atoms with Crippen molar-refractivity contribution in [2.75, 3.05) is 26.3 Å². The SMILES string of the molecule is Cc1cc(/C=N/N2CCOCC2)c2c(C)ccc(C(C)C)cc1-2. The summed E-state index contributed by atoms with van der Waals surface area (Å²) in [5.41, 5.74) is 7.90. The lowest BCUT2D eigenvalue weighted by molar-refractivity contribution is 0.0397. The van der Waals surface area contributed by atoms with Crippen LogP contribution in [0.5, 0.6) is 0 Å². The molecule has 3 heteroatoms. The van der Waals surface area contributed by atoms with Gasteiger partial charge in [0.15, 0.2) is 0 Å². The fourth-order valence-corrected chi connectivity index (χ4v) is 3.16. The van der Waals surface area contributed by atoms with Crippen LogP contribution in [-0.4, -0.2) is 37.5 Å². The minimum Gasteiger partial charge on any atom is -0.378 e. The van der Waals surface area contributed by atoms with E-state index >= 15 is 0 Å². The van der Waals surface area contributed by atoms with Gasteiger partial charge < -0.3 is 4.74 Å². The Labute approximate surface area is 139 Å². The smallest absolute Gasteiger partial charge is 0.0659 e. The third-order valence-electron chi connectivity index (χ3n) is 4.60. The molecular weight excluding hydrogens is 284 g/mol. The van der Waals surface area contributed by atoms with E-state index in [0.29, 0.717) is 5.92 Å². The third-order valence-corrected chi connectivity index (χ3v) is 4.60. The zero-order valence-electron chi connectivity index (χ0n) is 14.6. The first-order valence-electron chi connectivity index (χ1n) is 8.47. The average molecular weight is 310 g/mol. The molecule has 0 unspecified atom stereocenters. The number of hydrogen-bond donors (Lipinski definition) is 0. The molecule has 0 saturated carbocycles. The van der Waals surface area contributed by atoms with Crippen LogP contribution in [0.1, 0.15) is 42.0 Å². The summed E-state index contributed by atoms with van der Waals surface area (Å²) in [7, 11) is 0. The highest BCUT2D eigenvalue weighted by Crippen LogP contribution is 2.35. The van der Waals surface area contributed by atoms with E-state index in [1.165, 1.54) is 33.4 Å². The van der Waals surface area contributed by atoms with Gasteiger partial charge in [-0.25, -0.2) is 0 Å². The van der Waals surface area contributed by atoms with E-state index in [2.05, 4.69) is 62.1 Å². The molecule has 0 aromatic heterocycles. The molecule has 122 valence electrons. The maximum absolute atomic E-state index is 5.38. The first-order chi connectivity index (χ1) is 11.1. The average Bonchev–Trinajstić information content (AvgIpc) is 2.73. The molecule has 1 aliphatic heterocycles. The Morgan fingerprint density at radius 1 is 1.09 bits per heavy atom. The van der Waals surface area contributed by atoms with Crippen molar-refractivity contribution in [2.45, 2.75) is 33.6 Å². The molecule has 0 spiro atoms. The van der Waals surface area contributed by atoms with E-state index in [9.17, 15) is 0 Å². The van der Waals surface area contributed by atoms with E-state index in [1.807, 2.05) is 6.21 Å². The highest BCUT2D eigenvalue weighted by molar-refractivity contribution is 5.95. The lowest BCUT2D eigenvalue weighted by Crippen LogP contribution is -2.32. The number of aryl methyl sites for hydroxylation is 2. The Hall–Kier alpha value is -1.87. The predicted octanol–water partition coefficient (Wildman–Crippen LogP) is 4.20. The molecule has 3 aliphatic rings. The molecule has 0 atom stereocenters. The van der Waals surface area contributed by atoms with Gasteiger partial charge in [-0.05, 0) is 53.6 Å². The fourth-order valence-electron chi connectivity index (χ4n) is 3.16. The maximum atomic E-state index is 5.38. The summed E-state index contributed by atoms with van der Waals surface area (Å²) in [5, 5.41) is 6.76. The van der Waals surface area contributed by atoms with Gasteiger partial charge in [-0.2, -0.15) is 5.10 Å². The second-order valence-electron chi connectivity index (χ2n) is 6.70. The molecule has 0 bridgehead atoms. The topological polar surface area (TPSA) is 24.8 Å². The minimum absolute atomic E-state index is 0.532. The summed E-state index contributed by atoms with van der Waals surface area (Å²) in [4.78, 5) is 0. The van der Waals surface area contributed by atoms with Crippen LogP contribution in [-0.2, 0) is 4.74 Å². The van der Waals surface area contributed by atoms with Crippen LogP contribution in [0.3, 0.4) is 0 Å². The number of ether oxygens (including phenoxy) is 1. The number of fused-ring (bicyclic) bond motifs is 1. The van der Waals surface area contributed by atoms with Gasteiger partial charge in [0.05, 0.1) is 32.5 Å². The van der Waals surface area contributed by atoms with Crippen molar-refractivity contribution in [3.8, 4) is 11.1 Å². The number of rotatable bonds is 3. The standard InChI is InChI=1S/C20H26N2O/c1-14(2)17-6-5-15(3)20-18(11-16(4)19(20)12-17)13-21-22-7-9-23-10-8-22/h5-6,11-14H,7-10H2,1-4H3/b21-13+. The molecule has 3 nitrogen and oxygen atoms in total. The Balaban J connectivity index is 1.98. The largest absolute Gasteiger partial charge is 0.378 e. The van der Waals surface area contributed by atoms with Crippen molar-refractivity contribution in [1.29, 1.82) is 0 Å². The Morgan fingerprint density at radius 2 is 1.83 bits per heavy atom. The van der Waals surface area contributed by atoms with E-state index in [-0.39, 0.29) is 0 Å². The van der Waals surface area contributed by atoms with Gasteiger partial charge in [0.2, 0.25) is 0 Å². The molecule has 0 aromatic carbocycles. The molecule has 0 radical (unpaired) electrons. The van der Waals surface area contributed by atoms with E-state index in [1.54, 1.807) is 0 Å². The lowest BCUT2D eigenvalue weighted by atomic mass is 10.0. The molecular formula is C20H26N2O. The van der Waals surface area contributed by atoms with Gasteiger partial charge >= 0.3 is 0 Å². The second-order valence-corrected chi connectivity index (χ2v) is 6.70. The summed E-state index contributed by atoms with van der Waals surface area (Å²) in [6.45, 7) is 12.2. The molecule has 2 aliphatic carbocycles. The zero-order chi connectivity index (χ0) is 16.4. The monoisotopic (exact) mass is 310 g/mol. The van der Waals surface area contributed by atoms with Gasteiger partial charge in [0.1, 0.15) is 0 Å². The van der Waals surface area contributed by atoms with Crippen molar-refractivity contribution in [2.24, 2.45) is 5.10 Å². The zero-order valence-corrected chi connectivity index (χ0v) is 14.6. The summed E-state index contributed by atoms with van der Waals surface area (Å²) >= 11 is 0. The van der Waals surface area contributed by atoms with E-state index < -0.39 is 0 Å². The van der Waals surface area contributed by atoms with Crippen LogP contribution in [0.2, 0.25) is 0 Å². The molecule has 0 amide bonds. The minimum atomic E-state index is 0.532. The molecule has 1 heterocycles. The maximum Gasteiger partial charge on any atom is 0.0659 e. The van der Waals surface area contributed by atoms with Crippen LogP contribution in [0.25, 0.3) is 11.1 Å². The Kier molecular flexibility index (Phi) is 4.67. The molecule has 0 N–H and O–H groups in total. The van der Waals surface area contributed by atoms with Gasteiger partial charge in [-0.3, -0.25) is 5.01 Å². The summed E-state index contributed by atoms with van der Waals surface area (Å²) in [5.74, 6) is 0.532. The molecule has 1 fully saturated rings. The molecule has 23 heavy (non-hydrogen) atoms. The van der Waals surface area contributed by atoms with Crippen LogP contribution in [0.15, 0.2) is 29.4 Å². The quantitative estimate of drug-likeness (QED) is 0.794. The number of hydrazone groups is 1. The van der Waals surface area contributed by atoms with Crippen molar-refractivity contribution in [3.05, 3.63) is 46.5 Å². The summed E-state index contributed by atoms with van der Waals surface area (Å²) < 4.78 is 5.38. The normalized spacial score (nSPS) is 16.0. The summed E-state index contributed by atoms with van der Waals surface area (Å²) in [6, 6.07) is 9.09. The first-order valence-corrected chi connectivity index (χ1v) is 8.47. The van der Waals surface area contributed by atoms with Crippen LogP contribution in [0, 0.1) is 13.8 Å². The first kappa shape index (κ1) is 16.0. The van der Waals surface area contributed by atoms with E-state index in [4.69, 9.17) is 4.74 Å². The van der Waals surface area contributed by atoms with Crippen LogP contribution >= 0.6 is 0 Å². The van der Waals surface area contributed by atoms with Crippen molar-refractivity contribution in [1.82, 2.24) is 5.01 Å². The second kappa shape index (κ2) is 6.71. The van der Waals surface area contributed by atoms with Gasteiger partial charge in [0, 0.05) is 5.56 Å². The molecule has 1 saturated heterocycles. The number of morpholine rings is 1. The molecule has 0 aromatic rings. The van der Waals surface area contributed by atoms with E-state index in [0.717, 1.165) is 26.3 Å². The number of hydrogen-bond acceptors (Lipinski definition) is 3. The predicted molar refractivity (Wildman–Crippen MR) is 96.6 cm³/mol. The Morgan fingerprint density at radius 3 is 2.52 bits per heavy atom. The third kappa shape index (κ3) is 3.40.